The predicted octanol–water partition coefficient (Wildman–Crippen LogP) is 3.15. The molecule has 0 saturated heterocycles. The summed E-state index contributed by atoms with van der Waals surface area (Å²) < 4.78 is 0.910. The summed E-state index contributed by atoms with van der Waals surface area (Å²) in [5.74, 6) is 0. The predicted molar refractivity (Wildman–Crippen MR) is 52.7 cm³/mol. The van der Waals surface area contributed by atoms with Gasteiger partial charge in [-0.2, -0.15) is 0 Å². The minimum atomic E-state index is 0.711. The third-order valence-corrected chi connectivity index (χ3v) is 2.45. The molecule has 0 amide bonds. The molecule has 11 heavy (non-hydrogen) atoms. The second kappa shape index (κ2) is 3.88. The second-order valence-electron chi connectivity index (χ2n) is 2.06. The quantitative estimate of drug-likeness (QED) is 0.660. The summed E-state index contributed by atoms with van der Waals surface area (Å²) in [6.07, 6.45) is 1.76. The average Bonchev–Trinajstić information content (AvgIpc) is 1.98. The van der Waals surface area contributed by atoms with Crippen LogP contribution in [0.25, 0.3) is 0 Å². The van der Waals surface area contributed by atoms with E-state index in [4.69, 9.17) is 11.6 Å². The van der Waals surface area contributed by atoms with E-state index in [0.29, 0.717) is 5.02 Å². The van der Waals surface area contributed by atoms with Crippen LogP contribution < -0.4 is 0 Å². The summed E-state index contributed by atoms with van der Waals surface area (Å²) in [6, 6.07) is 5.71. The van der Waals surface area contributed by atoms with E-state index in [0.717, 1.165) is 10.0 Å². The lowest BCUT2D eigenvalue weighted by atomic mass is 10.2. The van der Waals surface area contributed by atoms with Crippen molar-refractivity contribution in [2.75, 3.05) is 7.05 Å². The van der Waals surface area contributed by atoms with Gasteiger partial charge in [0.1, 0.15) is 0 Å². The molecule has 0 aliphatic carbocycles. The number of rotatable bonds is 1. The van der Waals surface area contributed by atoms with Crippen LogP contribution in [0.2, 0.25) is 5.02 Å². The molecule has 0 bridgehead atoms. The van der Waals surface area contributed by atoms with Crippen molar-refractivity contribution in [2.45, 2.75) is 0 Å². The molecule has 1 aromatic carbocycles. The van der Waals surface area contributed by atoms with E-state index in [2.05, 4.69) is 20.9 Å². The van der Waals surface area contributed by atoms with Crippen LogP contribution in [0.15, 0.2) is 27.7 Å². The van der Waals surface area contributed by atoms with Gasteiger partial charge in [0, 0.05) is 17.7 Å². The van der Waals surface area contributed by atoms with Gasteiger partial charge in [-0.1, -0.05) is 17.7 Å². The van der Waals surface area contributed by atoms with Crippen LogP contribution >= 0.6 is 27.5 Å². The number of hydrogen-bond acceptors (Lipinski definition) is 1. The molecule has 0 aliphatic rings. The van der Waals surface area contributed by atoms with Gasteiger partial charge in [-0.25, -0.2) is 0 Å². The van der Waals surface area contributed by atoms with Gasteiger partial charge in [0.2, 0.25) is 0 Å². The molecule has 0 N–H and O–H groups in total. The van der Waals surface area contributed by atoms with Crippen molar-refractivity contribution < 1.29 is 0 Å². The summed E-state index contributed by atoms with van der Waals surface area (Å²) in [7, 11) is 1.73. The van der Waals surface area contributed by atoms with Crippen LogP contribution in [-0.4, -0.2) is 13.3 Å². The molecule has 0 fully saturated rings. The monoisotopic (exact) mass is 231 g/mol. The van der Waals surface area contributed by atoms with E-state index in [1.54, 1.807) is 13.3 Å². The van der Waals surface area contributed by atoms with Crippen LogP contribution in [0.4, 0.5) is 0 Å². The van der Waals surface area contributed by atoms with Gasteiger partial charge in [-0.05, 0) is 33.6 Å². The number of halogens is 2. The topological polar surface area (TPSA) is 12.4 Å². The Morgan fingerprint density at radius 1 is 1.55 bits per heavy atom. The highest BCUT2D eigenvalue weighted by Gasteiger charge is 1.95. The minimum Gasteiger partial charge on any atom is -0.296 e. The van der Waals surface area contributed by atoms with Gasteiger partial charge in [-0.15, -0.1) is 0 Å². The number of benzene rings is 1. The molecule has 0 radical (unpaired) electrons. The Hall–Kier alpha value is -0.340. The summed E-state index contributed by atoms with van der Waals surface area (Å²) in [5, 5.41) is 0.711. The summed E-state index contributed by atoms with van der Waals surface area (Å²) >= 11 is 9.15. The lowest BCUT2D eigenvalue weighted by molar-refractivity contribution is 1.46. The maximum atomic E-state index is 5.84. The first-order chi connectivity index (χ1) is 5.24. The van der Waals surface area contributed by atoms with Crippen molar-refractivity contribution in [1.82, 2.24) is 0 Å². The fraction of sp³-hybridized carbons (Fsp3) is 0.125. The van der Waals surface area contributed by atoms with Gasteiger partial charge in [-0.3, -0.25) is 4.99 Å². The van der Waals surface area contributed by atoms with Gasteiger partial charge < -0.3 is 0 Å². The van der Waals surface area contributed by atoms with Crippen molar-refractivity contribution in [3.05, 3.63) is 33.3 Å². The summed E-state index contributed by atoms with van der Waals surface area (Å²) in [5.41, 5.74) is 1.01. The Morgan fingerprint density at radius 2 is 2.27 bits per heavy atom. The van der Waals surface area contributed by atoms with Crippen molar-refractivity contribution in [3.8, 4) is 0 Å². The van der Waals surface area contributed by atoms with Gasteiger partial charge >= 0.3 is 0 Å². The summed E-state index contributed by atoms with van der Waals surface area (Å²) in [6.45, 7) is 0. The molecule has 0 atom stereocenters. The maximum Gasteiger partial charge on any atom is 0.0554 e. The number of hydrogen-bond donors (Lipinski definition) is 0. The first-order valence-corrected chi connectivity index (χ1v) is 4.28. The summed E-state index contributed by atoms with van der Waals surface area (Å²) in [4.78, 5) is 3.88. The Kier molecular flexibility index (Phi) is 3.09. The molecule has 0 saturated carbocycles. The Balaban J connectivity index is 3.05. The fourth-order valence-corrected chi connectivity index (χ4v) is 1.18. The van der Waals surface area contributed by atoms with Gasteiger partial charge in [0.05, 0.1) is 5.02 Å². The Morgan fingerprint density at radius 3 is 2.82 bits per heavy atom. The molecule has 0 heterocycles. The molecule has 1 rings (SSSR count). The first kappa shape index (κ1) is 8.75. The van der Waals surface area contributed by atoms with E-state index in [9.17, 15) is 0 Å². The molecule has 0 aromatic heterocycles. The van der Waals surface area contributed by atoms with E-state index < -0.39 is 0 Å². The largest absolute Gasteiger partial charge is 0.296 e. The highest BCUT2D eigenvalue weighted by Crippen LogP contribution is 2.22. The Bertz CT molecular complexity index is 283. The zero-order valence-electron chi connectivity index (χ0n) is 6.01. The van der Waals surface area contributed by atoms with Crippen molar-refractivity contribution >= 4 is 33.7 Å². The maximum absolute atomic E-state index is 5.84. The second-order valence-corrected chi connectivity index (χ2v) is 3.32. The minimum absolute atomic E-state index is 0.711. The highest BCUT2D eigenvalue weighted by atomic mass is 79.9. The van der Waals surface area contributed by atoms with Gasteiger partial charge in [0.15, 0.2) is 0 Å². The number of aliphatic imine (C=N–C) groups is 1. The average molecular weight is 233 g/mol. The molecule has 0 unspecified atom stereocenters. The van der Waals surface area contributed by atoms with Crippen molar-refractivity contribution in [2.24, 2.45) is 4.99 Å². The molecule has 1 aromatic rings. The van der Waals surface area contributed by atoms with E-state index in [-0.39, 0.29) is 0 Å². The zero-order chi connectivity index (χ0) is 8.27. The van der Waals surface area contributed by atoms with Crippen LogP contribution in [0.3, 0.4) is 0 Å². The van der Waals surface area contributed by atoms with Crippen molar-refractivity contribution in [1.29, 1.82) is 0 Å². The molecule has 0 spiro atoms. The van der Waals surface area contributed by atoms with Gasteiger partial charge in [0.25, 0.3) is 0 Å². The zero-order valence-corrected chi connectivity index (χ0v) is 8.35. The molecular weight excluding hydrogens is 225 g/mol. The van der Waals surface area contributed by atoms with Crippen molar-refractivity contribution in [3.63, 3.8) is 0 Å². The first-order valence-electron chi connectivity index (χ1n) is 3.11. The normalized spacial score (nSPS) is 10.8. The smallest absolute Gasteiger partial charge is 0.0554 e. The molecule has 3 heteroatoms. The van der Waals surface area contributed by atoms with Crippen LogP contribution in [-0.2, 0) is 0 Å². The number of nitrogens with zero attached hydrogens (tertiary/aromatic N) is 1. The van der Waals surface area contributed by atoms with E-state index in [1.165, 1.54) is 0 Å². The van der Waals surface area contributed by atoms with E-state index in [1.807, 2.05) is 18.2 Å². The van der Waals surface area contributed by atoms with Crippen LogP contribution in [0.5, 0.6) is 0 Å². The van der Waals surface area contributed by atoms with E-state index >= 15 is 0 Å². The molecule has 58 valence electrons. The SMILES string of the molecule is C/N=C\c1ccc(Br)c(Cl)c1. The third kappa shape index (κ3) is 2.31. The fourth-order valence-electron chi connectivity index (χ4n) is 0.742. The lowest BCUT2D eigenvalue weighted by Crippen LogP contribution is -1.80. The lowest BCUT2D eigenvalue weighted by Gasteiger charge is -1.95. The Labute approximate surface area is 79.2 Å². The standard InChI is InChI=1S/C8H7BrClN/c1-11-5-6-2-3-7(9)8(10)4-6/h2-5H,1H3/b11-5-. The third-order valence-electron chi connectivity index (χ3n) is 1.22. The van der Waals surface area contributed by atoms with Crippen LogP contribution in [0, 0.1) is 0 Å². The highest BCUT2D eigenvalue weighted by molar-refractivity contribution is 9.10. The van der Waals surface area contributed by atoms with Crippen LogP contribution in [0.1, 0.15) is 5.56 Å². The molecule has 0 aliphatic heterocycles. The molecular formula is C8H7BrClN. The molecule has 1 nitrogen and oxygen atoms in total.